The van der Waals surface area contributed by atoms with Crippen molar-refractivity contribution in [3.8, 4) is 11.4 Å². The summed E-state index contributed by atoms with van der Waals surface area (Å²) in [5.41, 5.74) is 2.33. The van der Waals surface area contributed by atoms with Crippen LogP contribution in [0.2, 0.25) is 5.02 Å². The summed E-state index contributed by atoms with van der Waals surface area (Å²) < 4.78 is 27.0. The fourth-order valence-electron chi connectivity index (χ4n) is 3.83. The largest absolute Gasteiger partial charge is 0.467 e. The molecule has 6 nitrogen and oxygen atoms in total. The van der Waals surface area contributed by atoms with E-state index >= 15 is 0 Å². The van der Waals surface area contributed by atoms with E-state index in [1.54, 1.807) is 0 Å². The fourth-order valence-corrected chi connectivity index (χ4v) is 4.95. The number of hydrogen-bond donors (Lipinski definition) is 0. The molecule has 9 heteroatoms. The summed E-state index contributed by atoms with van der Waals surface area (Å²) in [6, 6.07) is 10.6. The third-order valence-corrected chi connectivity index (χ3v) is 6.50. The summed E-state index contributed by atoms with van der Waals surface area (Å²) in [6.45, 7) is 2.40. The third-order valence-electron chi connectivity index (χ3n) is 5.21. The van der Waals surface area contributed by atoms with Crippen molar-refractivity contribution in [3.05, 3.63) is 58.4 Å². The van der Waals surface area contributed by atoms with Gasteiger partial charge in [-0.1, -0.05) is 35.5 Å². The van der Waals surface area contributed by atoms with Gasteiger partial charge in [0, 0.05) is 30.0 Å². The summed E-state index contributed by atoms with van der Waals surface area (Å²) >= 11 is 7.99. The molecule has 30 heavy (non-hydrogen) atoms. The number of nitrogens with zero attached hydrogens (tertiary/aromatic N) is 4. The zero-order valence-corrected chi connectivity index (χ0v) is 17.8. The maximum atomic E-state index is 14.1. The molecule has 0 unspecified atom stereocenters. The summed E-state index contributed by atoms with van der Waals surface area (Å²) in [6.07, 6.45) is 2.26. The number of benzene rings is 2. The quantitative estimate of drug-likeness (QED) is 0.524. The topological polar surface area (TPSA) is 52.4 Å². The number of aromatic nitrogens is 3. The van der Waals surface area contributed by atoms with Crippen molar-refractivity contribution < 1.29 is 13.9 Å². The maximum absolute atomic E-state index is 14.1. The van der Waals surface area contributed by atoms with Crippen LogP contribution < -0.4 is 9.64 Å². The van der Waals surface area contributed by atoms with Gasteiger partial charge < -0.3 is 14.4 Å². The van der Waals surface area contributed by atoms with Crippen molar-refractivity contribution in [1.29, 1.82) is 0 Å². The molecule has 0 amide bonds. The maximum Gasteiger partial charge on any atom is 0.232 e. The number of anilines is 1. The molecule has 1 fully saturated rings. The predicted octanol–water partition coefficient (Wildman–Crippen LogP) is 4.82. The second-order valence-electron chi connectivity index (χ2n) is 7.22. The van der Waals surface area contributed by atoms with E-state index in [-0.39, 0.29) is 12.6 Å². The van der Waals surface area contributed by atoms with Crippen molar-refractivity contribution in [2.75, 3.05) is 24.8 Å². The lowest BCUT2D eigenvalue weighted by molar-refractivity contribution is -0.0171. The first kappa shape index (κ1) is 19.7. The Kier molecular flexibility index (Phi) is 5.54. The van der Waals surface area contributed by atoms with Crippen LogP contribution >= 0.6 is 23.4 Å². The van der Waals surface area contributed by atoms with Crippen LogP contribution in [0.1, 0.15) is 24.0 Å². The summed E-state index contributed by atoms with van der Waals surface area (Å²) in [7, 11) is 0. The zero-order chi connectivity index (χ0) is 20.5. The molecule has 0 N–H and O–H groups in total. The Bertz CT molecular complexity index is 1070. The third kappa shape index (κ3) is 3.75. The van der Waals surface area contributed by atoms with Crippen molar-refractivity contribution in [3.63, 3.8) is 0 Å². The molecule has 0 atom stereocenters. The van der Waals surface area contributed by atoms with Gasteiger partial charge in [0.15, 0.2) is 11.9 Å². The molecule has 2 aliphatic rings. The standard InChI is InChI=1S/C21H20ClFN4O2S/c22-17-5-1-2-6-18(17)27-20(26-7-3-4-8-26)24-25-21(27)30-12-15-10-16(23)9-14-11-28-13-29-19(14)15/h1-2,5-6,9-10H,3-4,7-8,11-13H2. The van der Waals surface area contributed by atoms with Crippen LogP contribution in [-0.2, 0) is 17.1 Å². The molecule has 0 spiro atoms. The molecule has 0 saturated carbocycles. The number of halogens is 2. The Morgan fingerprint density at radius 3 is 2.80 bits per heavy atom. The zero-order valence-electron chi connectivity index (χ0n) is 16.2. The Labute approximate surface area is 182 Å². The lowest BCUT2D eigenvalue weighted by Gasteiger charge is -2.21. The van der Waals surface area contributed by atoms with E-state index in [1.165, 1.54) is 23.9 Å². The Morgan fingerprint density at radius 1 is 1.13 bits per heavy atom. The van der Waals surface area contributed by atoms with E-state index in [4.69, 9.17) is 21.1 Å². The van der Waals surface area contributed by atoms with Gasteiger partial charge in [-0.3, -0.25) is 4.57 Å². The normalized spacial score (nSPS) is 15.9. The SMILES string of the molecule is Fc1cc2c(c(CSc3nnc(N4CCCC4)n3-c3ccccc3Cl)c1)OCOC2. The van der Waals surface area contributed by atoms with Crippen molar-refractivity contribution in [2.24, 2.45) is 0 Å². The van der Waals surface area contributed by atoms with Crippen LogP contribution in [0.4, 0.5) is 10.3 Å². The van der Waals surface area contributed by atoms with E-state index in [0.29, 0.717) is 28.3 Å². The predicted molar refractivity (Wildman–Crippen MR) is 114 cm³/mol. The lowest BCUT2D eigenvalue weighted by Crippen LogP contribution is -2.22. The molecule has 0 aliphatic carbocycles. The van der Waals surface area contributed by atoms with Crippen LogP contribution in [0.5, 0.6) is 5.75 Å². The number of para-hydroxylation sites is 1. The second-order valence-corrected chi connectivity index (χ2v) is 8.57. The fraction of sp³-hybridized carbons (Fsp3) is 0.333. The first-order valence-electron chi connectivity index (χ1n) is 9.80. The summed E-state index contributed by atoms with van der Waals surface area (Å²) in [5.74, 6) is 1.67. The molecule has 1 aromatic heterocycles. The minimum Gasteiger partial charge on any atom is -0.467 e. The lowest BCUT2D eigenvalue weighted by atomic mass is 10.1. The smallest absolute Gasteiger partial charge is 0.232 e. The summed E-state index contributed by atoms with van der Waals surface area (Å²) in [4.78, 5) is 2.23. The molecule has 156 valence electrons. The first-order chi connectivity index (χ1) is 14.7. The monoisotopic (exact) mass is 446 g/mol. The van der Waals surface area contributed by atoms with Crippen molar-refractivity contribution in [2.45, 2.75) is 30.4 Å². The molecule has 3 heterocycles. The average Bonchev–Trinajstić information content (AvgIpc) is 3.42. The Morgan fingerprint density at radius 2 is 1.97 bits per heavy atom. The minimum absolute atomic E-state index is 0.172. The van der Waals surface area contributed by atoms with Crippen LogP contribution in [-0.4, -0.2) is 34.6 Å². The number of fused-ring (bicyclic) bond motifs is 1. The Hall–Kier alpha value is -2.29. The van der Waals surface area contributed by atoms with Gasteiger partial charge in [0.05, 0.1) is 17.3 Å². The molecule has 1 saturated heterocycles. The van der Waals surface area contributed by atoms with Gasteiger partial charge in [-0.15, -0.1) is 10.2 Å². The molecule has 2 aromatic carbocycles. The van der Waals surface area contributed by atoms with Crippen LogP contribution in [0.15, 0.2) is 41.6 Å². The van der Waals surface area contributed by atoms with Gasteiger partial charge in [0.25, 0.3) is 0 Å². The first-order valence-corrected chi connectivity index (χ1v) is 11.2. The highest BCUT2D eigenvalue weighted by Gasteiger charge is 2.24. The molecule has 5 rings (SSSR count). The molecule has 0 radical (unpaired) electrons. The summed E-state index contributed by atoms with van der Waals surface area (Å²) in [5, 5.41) is 10.2. The second kappa shape index (κ2) is 8.45. The molecule has 0 bridgehead atoms. The molecule has 3 aromatic rings. The number of rotatable bonds is 5. The number of hydrogen-bond acceptors (Lipinski definition) is 6. The van der Waals surface area contributed by atoms with Crippen LogP contribution in [0.25, 0.3) is 5.69 Å². The van der Waals surface area contributed by atoms with E-state index in [0.717, 1.165) is 48.7 Å². The van der Waals surface area contributed by atoms with E-state index in [9.17, 15) is 4.39 Å². The van der Waals surface area contributed by atoms with E-state index in [2.05, 4.69) is 15.1 Å². The van der Waals surface area contributed by atoms with Gasteiger partial charge in [0.2, 0.25) is 5.95 Å². The van der Waals surface area contributed by atoms with Crippen molar-refractivity contribution in [1.82, 2.24) is 14.8 Å². The van der Waals surface area contributed by atoms with Gasteiger partial charge >= 0.3 is 0 Å². The van der Waals surface area contributed by atoms with E-state index in [1.807, 2.05) is 28.8 Å². The molecule has 2 aliphatic heterocycles. The van der Waals surface area contributed by atoms with Crippen LogP contribution in [0.3, 0.4) is 0 Å². The highest BCUT2D eigenvalue weighted by atomic mass is 35.5. The molecular weight excluding hydrogens is 427 g/mol. The highest BCUT2D eigenvalue weighted by Crippen LogP contribution is 2.36. The highest BCUT2D eigenvalue weighted by molar-refractivity contribution is 7.98. The molecular formula is C21H20ClFN4O2S. The average molecular weight is 447 g/mol. The number of ether oxygens (including phenoxy) is 2. The minimum atomic E-state index is -0.302. The van der Waals surface area contributed by atoms with Gasteiger partial charge in [-0.05, 0) is 37.1 Å². The van der Waals surface area contributed by atoms with E-state index < -0.39 is 0 Å². The Balaban J connectivity index is 1.50. The van der Waals surface area contributed by atoms with Gasteiger partial charge in [-0.2, -0.15) is 0 Å². The van der Waals surface area contributed by atoms with Gasteiger partial charge in [-0.25, -0.2) is 4.39 Å². The number of thioether (sulfide) groups is 1. The van der Waals surface area contributed by atoms with Gasteiger partial charge in [0.1, 0.15) is 11.6 Å². The van der Waals surface area contributed by atoms with Crippen molar-refractivity contribution >= 4 is 29.3 Å². The van der Waals surface area contributed by atoms with Crippen LogP contribution in [0, 0.1) is 5.82 Å².